The van der Waals surface area contributed by atoms with E-state index in [1.54, 1.807) is 31.0 Å². The molecule has 2 N–H and O–H groups in total. The van der Waals surface area contributed by atoms with Crippen LogP contribution < -0.4 is 15.4 Å². The number of nitrogens with one attached hydrogen (secondary N) is 2. The minimum absolute atomic E-state index is 0.0527. The topological polar surface area (TPSA) is 88.5 Å². The van der Waals surface area contributed by atoms with Gasteiger partial charge < -0.3 is 15.4 Å². The molecule has 1 aromatic heterocycles. The number of likely N-dealkylation sites (N-methyl/N-ethyl adjacent to an activating group) is 2. The van der Waals surface area contributed by atoms with Crippen molar-refractivity contribution in [2.75, 3.05) is 27.2 Å². The maximum absolute atomic E-state index is 12.5. The van der Waals surface area contributed by atoms with E-state index in [4.69, 9.17) is 4.74 Å². The normalized spacial score (nSPS) is 11.9. The molecule has 0 spiro atoms. The number of aromatic nitrogens is 2. The number of benzene rings is 1. The van der Waals surface area contributed by atoms with Crippen LogP contribution in [0.2, 0.25) is 0 Å². The third kappa shape index (κ3) is 5.38. The van der Waals surface area contributed by atoms with Crippen LogP contribution in [0.3, 0.4) is 0 Å². The highest BCUT2D eigenvalue weighted by molar-refractivity contribution is 5.97. The second-order valence-electron chi connectivity index (χ2n) is 6.06. The summed E-state index contributed by atoms with van der Waals surface area (Å²) in [5, 5.41) is 9.74. The molecule has 0 aliphatic heterocycles. The molecule has 1 aromatic carbocycles. The molecule has 0 fully saturated rings. The average Bonchev–Trinajstić information content (AvgIpc) is 3.08. The van der Waals surface area contributed by atoms with Gasteiger partial charge in [0.15, 0.2) is 6.23 Å². The lowest BCUT2D eigenvalue weighted by Gasteiger charge is -2.30. The van der Waals surface area contributed by atoms with Crippen LogP contribution in [0.1, 0.15) is 13.3 Å². The predicted octanol–water partition coefficient (Wildman–Crippen LogP) is 0.796. The highest BCUT2D eigenvalue weighted by Gasteiger charge is 2.29. The van der Waals surface area contributed by atoms with E-state index in [9.17, 15) is 9.59 Å². The Morgan fingerprint density at radius 2 is 1.89 bits per heavy atom. The van der Waals surface area contributed by atoms with Crippen molar-refractivity contribution in [3.05, 3.63) is 36.7 Å². The van der Waals surface area contributed by atoms with Crippen LogP contribution in [-0.2, 0) is 16.6 Å². The molecule has 2 aromatic rings. The lowest BCUT2D eigenvalue weighted by atomic mass is 10.1. The SMILES string of the molecule is CCC(Oc1c[c]cc(-c2cnn(C)c2)c1)N(C(=O)CNC)C(=O)CNC. The Labute approximate surface area is 159 Å². The van der Waals surface area contributed by atoms with Gasteiger partial charge in [0.1, 0.15) is 5.75 Å². The molecule has 0 bridgehead atoms. The monoisotopic (exact) mass is 372 g/mol. The number of carbonyl (C=O) groups is 2. The van der Waals surface area contributed by atoms with Crippen molar-refractivity contribution < 1.29 is 14.3 Å². The summed E-state index contributed by atoms with van der Waals surface area (Å²) in [5.74, 6) is -0.142. The van der Waals surface area contributed by atoms with E-state index in [1.807, 2.05) is 32.3 Å². The lowest BCUT2D eigenvalue weighted by Crippen LogP contribution is -2.52. The standard InChI is InChI=1S/C19H26N5O3/c1-5-19(24(17(25)11-20-2)18(26)12-21-3)27-16-8-6-7-14(9-16)15-10-22-23(4)13-15/h7-10,13,19-21H,5,11-12H2,1-4H3. The summed E-state index contributed by atoms with van der Waals surface area (Å²) in [5.41, 5.74) is 1.83. The van der Waals surface area contributed by atoms with Gasteiger partial charge in [-0.3, -0.25) is 14.3 Å². The summed E-state index contributed by atoms with van der Waals surface area (Å²) in [6.07, 6.45) is 3.40. The van der Waals surface area contributed by atoms with Gasteiger partial charge in [-0.15, -0.1) is 0 Å². The average molecular weight is 372 g/mol. The van der Waals surface area contributed by atoms with E-state index >= 15 is 0 Å². The number of hydrogen-bond acceptors (Lipinski definition) is 6. The van der Waals surface area contributed by atoms with E-state index in [0.29, 0.717) is 12.2 Å². The first kappa shape index (κ1) is 20.6. The van der Waals surface area contributed by atoms with Crippen LogP contribution in [0.15, 0.2) is 30.6 Å². The van der Waals surface area contributed by atoms with E-state index in [2.05, 4.69) is 21.8 Å². The van der Waals surface area contributed by atoms with E-state index < -0.39 is 6.23 Å². The van der Waals surface area contributed by atoms with Crippen LogP contribution in [0, 0.1) is 6.07 Å². The molecular weight excluding hydrogens is 346 g/mol. The molecule has 8 nitrogen and oxygen atoms in total. The number of hydrogen-bond donors (Lipinski definition) is 2. The molecule has 2 rings (SSSR count). The maximum Gasteiger partial charge on any atom is 0.246 e. The highest BCUT2D eigenvalue weighted by atomic mass is 16.5. The summed E-state index contributed by atoms with van der Waals surface area (Å²) in [7, 11) is 5.17. The molecule has 2 amide bonds. The number of aryl methyl sites for hydroxylation is 1. The fraction of sp³-hybridized carbons (Fsp3) is 0.421. The van der Waals surface area contributed by atoms with E-state index in [1.165, 1.54) is 4.90 Å². The zero-order chi connectivity index (χ0) is 19.8. The van der Waals surface area contributed by atoms with Crippen molar-refractivity contribution in [3.8, 4) is 16.9 Å². The first-order chi connectivity index (χ1) is 13.0. The lowest BCUT2D eigenvalue weighted by molar-refractivity contribution is -0.153. The van der Waals surface area contributed by atoms with Crippen molar-refractivity contribution in [3.63, 3.8) is 0 Å². The zero-order valence-corrected chi connectivity index (χ0v) is 16.2. The smallest absolute Gasteiger partial charge is 0.246 e. The Bertz CT molecular complexity index is 756. The molecule has 0 saturated carbocycles. The van der Waals surface area contributed by atoms with Crippen molar-refractivity contribution in [1.29, 1.82) is 0 Å². The van der Waals surface area contributed by atoms with Gasteiger partial charge in [-0.1, -0.05) is 6.92 Å². The Morgan fingerprint density at radius 1 is 1.22 bits per heavy atom. The highest BCUT2D eigenvalue weighted by Crippen LogP contribution is 2.24. The number of imide groups is 1. The summed E-state index contributed by atoms with van der Waals surface area (Å²) >= 11 is 0. The molecule has 1 unspecified atom stereocenters. The van der Waals surface area contributed by atoms with E-state index in [-0.39, 0.29) is 24.9 Å². The van der Waals surface area contributed by atoms with E-state index in [0.717, 1.165) is 11.1 Å². The van der Waals surface area contributed by atoms with Gasteiger partial charge in [0.2, 0.25) is 11.8 Å². The Morgan fingerprint density at radius 3 is 2.41 bits per heavy atom. The minimum Gasteiger partial charge on any atom is -0.470 e. The molecule has 27 heavy (non-hydrogen) atoms. The van der Waals surface area contributed by atoms with Crippen LogP contribution in [0.5, 0.6) is 5.75 Å². The van der Waals surface area contributed by atoms with Crippen LogP contribution >= 0.6 is 0 Å². The van der Waals surface area contributed by atoms with Crippen LogP contribution in [0.25, 0.3) is 11.1 Å². The molecule has 1 radical (unpaired) electrons. The largest absolute Gasteiger partial charge is 0.470 e. The van der Waals surface area contributed by atoms with Gasteiger partial charge in [0.05, 0.1) is 19.3 Å². The molecular formula is C19H26N5O3. The summed E-state index contributed by atoms with van der Waals surface area (Å²) < 4.78 is 7.71. The fourth-order valence-corrected chi connectivity index (χ4v) is 2.66. The van der Waals surface area contributed by atoms with Crippen molar-refractivity contribution in [1.82, 2.24) is 25.3 Å². The van der Waals surface area contributed by atoms with Gasteiger partial charge in [-0.2, -0.15) is 5.10 Å². The molecule has 145 valence electrons. The van der Waals surface area contributed by atoms with Crippen LogP contribution in [-0.4, -0.2) is 59.9 Å². The number of nitrogens with zero attached hydrogens (tertiary/aromatic N) is 3. The Balaban J connectivity index is 2.25. The van der Waals surface area contributed by atoms with Crippen molar-refractivity contribution >= 4 is 11.8 Å². The number of carbonyl (C=O) groups excluding carboxylic acids is 2. The number of amides is 2. The Hall–Kier alpha value is -2.71. The first-order valence-electron chi connectivity index (χ1n) is 8.81. The van der Waals surface area contributed by atoms with Gasteiger partial charge >= 0.3 is 0 Å². The quantitative estimate of drug-likeness (QED) is 0.633. The summed E-state index contributed by atoms with van der Waals surface area (Å²) in [6, 6.07) is 8.41. The molecule has 0 saturated heterocycles. The van der Waals surface area contributed by atoms with Crippen molar-refractivity contribution in [2.24, 2.45) is 7.05 Å². The second-order valence-corrected chi connectivity index (χ2v) is 6.06. The zero-order valence-electron chi connectivity index (χ0n) is 16.2. The van der Waals surface area contributed by atoms with Gasteiger partial charge in [0.25, 0.3) is 0 Å². The molecule has 0 aliphatic rings. The number of rotatable bonds is 9. The molecule has 8 heteroatoms. The van der Waals surface area contributed by atoms with Gasteiger partial charge in [-0.05, 0) is 43.9 Å². The summed E-state index contributed by atoms with van der Waals surface area (Å²) in [6.45, 7) is 1.97. The fourth-order valence-electron chi connectivity index (χ4n) is 2.66. The number of ether oxygens (including phenoxy) is 1. The van der Waals surface area contributed by atoms with Gasteiger partial charge in [-0.25, -0.2) is 4.90 Å². The third-order valence-electron chi connectivity index (χ3n) is 3.90. The second kappa shape index (κ2) is 9.84. The Kier molecular flexibility index (Phi) is 7.51. The first-order valence-corrected chi connectivity index (χ1v) is 8.81. The third-order valence-corrected chi connectivity index (χ3v) is 3.90. The van der Waals surface area contributed by atoms with Crippen molar-refractivity contribution in [2.45, 2.75) is 19.6 Å². The van der Waals surface area contributed by atoms with Gasteiger partial charge in [0, 0.05) is 25.2 Å². The molecule has 1 atom stereocenters. The minimum atomic E-state index is -0.704. The molecule has 0 aliphatic carbocycles. The maximum atomic E-state index is 12.5. The summed E-state index contributed by atoms with van der Waals surface area (Å²) in [4.78, 5) is 26.1. The predicted molar refractivity (Wildman–Crippen MR) is 102 cm³/mol. The molecule has 1 heterocycles. The van der Waals surface area contributed by atoms with Crippen LogP contribution in [0.4, 0.5) is 0 Å².